The van der Waals surface area contributed by atoms with Crippen LogP contribution in [0.4, 0.5) is 10.1 Å². The number of hydrogen-bond acceptors (Lipinski definition) is 6. The maximum absolute atomic E-state index is 13.3. The summed E-state index contributed by atoms with van der Waals surface area (Å²) >= 11 is 1.20. The van der Waals surface area contributed by atoms with Crippen molar-refractivity contribution >= 4 is 23.4 Å². The van der Waals surface area contributed by atoms with E-state index in [9.17, 15) is 9.18 Å². The van der Waals surface area contributed by atoms with Gasteiger partial charge in [0.1, 0.15) is 17.3 Å². The highest BCUT2D eigenvalue weighted by Gasteiger charge is 2.20. The molecule has 0 aliphatic carbocycles. The number of carbonyl (C=O) groups is 1. The Morgan fingerprint density at radius 1 is 1.30 bits per heavy atom. The Kier molecular flexibility index (Phi) is 6.02. The van der Waals surface area contributed by atoms with Crippen molar-refractivity contribution in [2.24, 2.45) is 0 Å². The lowest BCUT2D eigenvalue weighted by Gasteiger charge is -2.13. The second-order valence-electron chi connectivity index (χ2n) is 5.53. The van der Waals surface area contributed by atoms with E-state index >= 15 is 0 Å². The van der Waals surface area contributed by atoms with Gasteiger partial charge in [0.05, 0.1) is 11.9 Å². The molecule has 1 unspecified atom stereocenters. The second kappa shape index (κ2) is 8.63. The third-order valence-corrected chi connectivity index (χ3v) is 4.61. The minimum absolute atomic E-state index is 0.279. The van der Waals surface area contributed by atoms with E-state index in [0.29, 0.717) is 28.9 Å². The smallest absolute Gasteiger partial charge is 0.237 e. The Balaban J connectivity index is 1.75. The number of anilines is 1. The molecule has 0 aliphatic rings. The Hall–Kier alpha value is -2.94. The fourth-order valence-corrected chi connectivity index (χ4v) is 3.14. The van der Waals surface area contributed by atoms with Crippen LogP contribution in [0.1, 0.15) is 13.8 Å². The predicted molar refractivity (Wildman–Crippen MR) is 101 cm³/mol. The van der Waals surface area contributed by atoms with E-state index in [1.54, 1.807) is 13.0 Å². The molecule has 1 aromatic heterocycles. The molecule has 3 aromatic rings. The van der Waals surface area contributed by atoms with E-state index in [1.165, 1.54) is 34.6 Å². The van der Waals surface area contributed by atoms with Crippen molar-refractivity contribution in [2.45, 2.75) is 24.3 Å². The lowest BCUT2D eigenvalue weighted by Crippen LogP contribution is -2.23. The van der Waals surface area contributed by atoms with Crippen molar-refractivity contribution in [1.29, 1.82) is 0 Å². The van der Waals surface area contributed by atoms with Gasteiger partial charge in [-0.25, -0.2) is 4.39 Å². The van der Waals surface area contributed by atoms with Gasteiger partial charge in [-0.15, -0.1) is 5.10 Å². The summed E-state index contributed by atoms with van der Waals surface area (Å²) in [5.74, 6) is -0.0474. The molecule has 0 aliphatic heterocycles. The third kappa shape index (κ3) is 4.62. The number of halogens is 1. The van der Waals surface area contributed by atoms with Crippen molar-refractivity contribution in [3.8, 4) is 11.4 Å². The highest BCUT2D eigenvalue weighted by Crippen LogP contribution is 2.28. The van der Waals surface area contributed by atoms with Gasteiger partial charge in [0.25, 0.3) is 0 Å². The summed E-state index contributed by atoms with van der Waals surface area (Å²) in [6.45, 7) is 4.13. The van der Waals surface area contributed by atoms with Gasteiger partial charge in [0, 0.05) is 5.69 Å². The van der Waals surface area contributed by atoms with Gasteiger partial charge in [-0.1, -0.05) is 30.0 Å². The molecule has 0 bridgehead atoms. The van der Waals surface area contributed by atoms with Gasteiger partial charge in [0.15, 0.2) is 0 Å². The van der Waals surface area contributed by atoms with E-state index in [2.05, 4.69) is 20.8 Å². The average molecular weight is 387 g/mol. The van der Waals surface area contributed by atoms with Gasteiger partial charge < -0.3 is 10.1 Å². The normalized spacial score (nSPS) is 11.8. The topological polar surface area (TPSA) is 81.9 Å². The number of aromatic nitrogens is 4. The lowest BCUT2D eigenvalue weighted by atomic mass is 10.3. The summed E-state index contributed by atoms with van der Waals surface area (Å²) in [4.78, 5) is 12.4. The second-order valence-corrected chi connectivity index (χ2v) is 6.84. The van der Waals surface area contributed by atoms with Crippen molar-refractivity contribution in [2.75, 3.05) is 11.9 Å². The molecular formula is C18H18FN5O2S. The summed E-state index contributed by atoms with van der Waals surface area (Å²) in [6, 6.07) is 13.1. The Bertz CT molecular complexity index is 933. The minimum Gasteiger partial charge on any atom is -0.492 e. The highest BCUT2D eigenvalue weighted by atomic mass is 32.2. The van der Waals surface area contributed by atoms with E-state index in [1.807, 2.05) is 31.2 Å². The predicted octanol–water partition coefficient (Wildman–Crippen LogP) is 3.32. The number of nitrogens with one attached hydrogen (secondary N) is 1. The maximum atomic E-state index is 13.3. The third-order valence-electron chi connectivity index (χ3n) is 3.58. The number of benzene rings is 2. The summed E-state index contributed by atoms with van der Waals surface area (Å²) < 4.78 is 20.4. The van der Waals surface area contributed by atoms with E-state index < -0.39 is 11.1 Å². The molecule has 0 spiro atoms. The van der Waals surface area contributed by atoms with E-state index in [0.717, 1.165) is 0 Å². The Labute approximate surface area is 159 Å². The molecule has 0 saturated heterocycles. The molecule has 1 atom stereocenters. The summed E-state index contributed by atoms with van der Waals surface area (Å²) in [7, 11) is 0. The van der Waals surface area contributed by atoms with Crippen LogP contribution in [0.25, 0.3) is 5.69 Å². The molecule has 1 amide bonds. The Morgan fingerprint density at radius 2 is 2.11 bits per heavy atom. The molecule has 0 fully saturated rings. The summed E-state index contributed by atoms with van der Waals surface area (Å²) in [6.07, 6.45) is 0. The first kappa shape index (κ1) is 18.8. The molecule has 2 aromatic carbocycles. The molecule has 1 N–H and O–H groups in total. The van der Waals surface area contributed by atoms with E-state index in [-0.39, 0.29) is 5.91 Å². The van der Waals surface area contributed by atoms with Gasteiger partial charge in [0.2, 0.25) is 11.1 Å². The number of hydrogen-bond donors (Lipinski definition) is 1. The lowest BCUT2D eigenvalue weighted by molar-refractivity contribution is -0.115. The highest BCUT2D eigenvalue weighted by molar-refractivity contribution is 8.00. The molecule has 0 saturated carbocycles. The molecule has 3 rings (SSSR count). The minimum atomic E-state index is -0.503. The van der Waals surface area contributed by atoms with Crippen LogP contribution in [0.2, 0.25) is 0 Å². The molecule has 140 valence electrons. The largest absolute Gasteiger partial charge is 0.492 e. The van der Waals surface area contributed by atoms with Crippen LogP contribution in [0.15, 0.2) is 53.7 Å². The molecule has 1 heterocycles. The molecule has 27 heavy (non-hydrogen) atoms. The van der Waals surface area contributed by atoms with Crippen molar-refractivity contribution < 1.29 is 13.9 Å². The SMILES string of the molecule is CCOc1ccccc1-n1nnnc1SC(C)C(=O)Nc1cccc(F)c1. The quantitative estimate of drug-likeness (QED) is 0.627. The number of carbonyl (C=O) groups excluding carboxylic acids is 1. The molecule has 0 radical (unpaired) electrons. The van der Waals surface area contributed by atoms with Crippen molar-refractivity contribution in [1.82, 2.24) is 20.2 Å². The van der Waals surface area contributed by atoms with Crippen molar-refractivity contribution in [3.63, 3.8) is 0 Å². The molecule has 7 nitrogen and oxygen atoms in total. The van der Waals surface area contributed by atoms with Crippen LogP contribution in [-0.4, -0.2) is 38.0 Å². The molecular weight excluding hydrogens is 369 g/mol. The Morgan fingerprint density at radius 3 is 2.89 bits per heavy atom. The maximum Gasteiger partial charge on any atom is 0.237 e. The van der Waals surface area contributed by atoms with Crippen LogP contribution in [0.3, 0.4) is 0 Å². The van der Waals surface area contributed by atoms with E-state index in [4.69, 9.17) is 4.74 Å². The number of nitrogens with zero attached hydrogens (tertiary/aromatic N) is 4. The number of para-hydroxylation sites is 2. The fraction of sp³-hybridized carbons (Fsp3) is 0.222. The van der Waals surface area contributed by atoms with Crippen molar-refractivity contribution in [3.05, 3.63) is 54.3 Å². The van der Waals surface area contributed by atoms with Crippen LogP contribution in [-0.2, 0) is 4.79 Å². The first-order valence-corrected chi connectivity index (χ1v) is 9.20. The number of thioether (sulfide) groups is 1. The van der Waals surface area contributed by atoms with Crippen LogP contribution in [0, 0.1) is 5.82 Å². The first-order valence-electron chi connectivity index (χ1n) is 8.32. The van der Waals surface area contributed by atoms with Crippen LogP contribution < -0.4 is 10.1 Å². The fourth-order valence-electron chi connectivity index (χ4n) is 2.34. The number of ether oxygens (including phenoxy) is 1. The van der Waals surface area contributed by atoms with Gasteiger partial charge >= 0.3 is 0 Å². The summed E-state index contributed by atoms with van der Waals surface area (Å²) in [5.41, 5.74) is 1.08. The zero-order valence-electron chi connectivity index (χ0n) is 14.8. The monoisotopic (exact) mass is 387 g/mol. The van der Waals surface area contributed by atoms with Crippen LogP contribution in [0.5, 0.6) is 5.75 Å². The van der Waals surface area contributed by atoms with Gasteiger partial charge in [-0.2, -0.15) is 4.68 Å². The standard InChI is InChI=1S/C18H18FN5O2S/c1-3-26-16-10-5-4-9-15(16)24-18(21-22-23-24)27-12(2)17(25)20-14-8-6-7-13(19)11-14/h4-12H,3H2,1-2H3,(H,20,25). The number of rotatable bonds is 7. The summed E-state index contributed by atoms with van der Waals surface area (Å²) in [5, 5.41) is 14.4. The number of amides is 1. The van der Waals surface area contributed by atoms with Crippen LogP contribution >= 0.6 is 11.8 Å². The average Bonchev–Trinajstić information content (AvgIpc) is 3.10. The van der Waals surface area contributed by atoms with Gasteiger partial charge in [-0.3, -0.25) is 4.79 Å². The van der Waals surface area contributed by atoms with Gasteiger partial charge in [-0.05, 0) is 54.6 Å². The number of tetrazole rings is 1. The molecule has 9 heteroatoms. The first-order chi connectivity index (χ1) is 13.1. The zero-order valence-corrected chi connectivity index (χ0v) is 15.6. The zero-order chi connectivity index (χ0) is 19.2.